The number of carbonyl (C=O) groups excluding carboxylic acids is 2. The minimum absolute atomic E-state index is 0.0466. The van der Waals surface area contributed by atoms with Crippen molar-refractivity contribution < 1.29 is 22.4 Å². The minimum Gasteiger partial charge on any atom is -0.349 e. The highest BCUT2D eigenvalue weighted by atomic mass is 32.2. The first-order chi connectivity index (χ1) is 14.3. The minimum atomic E-state index is -3.91. The number of amides is 2. The van der Waals surface area contributed by atoms with Gasteiger partial charge in [-0.25, -0.2) is 12.8 Å². The van der Waals surface area contributed by atoms with Gasteiger partial charge in [-0.05, 0) is 74.2 Å². The van der Waals surface area contributed by atoms with Gasteiger partial charge >= 0.3 is 0 Å². The summed E-state index contributed by atoms with van der Waals surface area (Å²) in [6.45, 7) is 0.220. The van der Waals surface area contributed by atoms with E-state index in [4.69, 9.17) is 0 Å². The number of halogens is 1. The van der Waals surface area contributed by atoms with E-state index in [0.717, 1.165) is 29.3 Å². The van der Waals surface area contributed by atoms with Gasteiger partial charge in [0.1, 0.15) is 11.9 Å². The molecule has 2 amide bonds. The maximum Gasteiger partial charge on any atom is 0.251 e. The summed E-state index contributed by atoms with van der Waals surface area (Å²) in [7, 11) is -3.91. The lowest BCUT2D eigenvalue weighted by molar-refractivity contribution is -0.119. The summed E-state index contributed by atoms with van der Waals surface area (Å²) in [6.07, 6.45) is 2.95. The SMILES string of the molecule is O=C(NC1CC1)c1ccc(NC(=O)[C@H]2CCCN2S(=O)(=O)c2ccc(F)cc2)cc1. The molecule has 2 N–H and O–H groups in total. The van der Waals surface area contributed by atoms with Crippen LogP contribution in [0, 0.1) is 5.82 Å². The molecule has 1 saturated heterocycles. The van der Waals surface area contributed by atoms with Crippen LogP contribution in [0.5, 0.6) is 0 Å². The van der Waals surface area contributed by atoms with E-state index in [1.54, 1.807) is 24.3 Å². The first kappa shape index (κ1) is 20.5. The first-order valence-electron chi connectivity index (χ1n) is 9.84. The van der Waals surface area contributed by atoms with Crippen molar-refractivity contribution in [3.8, 4) is 0 Å². The fourth-order valence-corrected chi connectivity index (χ4v) is 5.12. The largest absolute Gasteiger partial charge is 0.349 e. The molecule has 0 aromatic heterocycles. The number of nitrogens with zero attached hydrogens (tertiary/aromatic N) is 1. The van der Waals surface area contributed by atoms with Gasteiger partial charge < -0.3 is 10.6 Å². The van der Waals surface area contributed by atoms with E-state index in [9.17, 15) is 22.4 Å². The maximum absolute atomic E-state index is 13.1. The number of hydrogen-bond acceptors (Lipinski definition) is 4. The van der Waals surface area contributed by atoms with E-state index in [2.05, 4.69) is 10.6 Å². The molecule has 2 aromatic carbocycles. The fraction of sp³-hybridized carbons (Fsp3) is 0.333. The molecule has 30 heavy (non-hydrogen) atoms. The Morgan fingerprint density at radius 1 is 0.967 bits per heavy atom. The van der Waals surface area contributed by atoms with E-state index >= 15 is 0 Å². The van der Waals surface area contributed by atoms with Crippen molar-refractivity contribution in [2.24, 2.45) is 0 Å². The van der Waals surface area contributed by atoms with Gasteiger partial charge in [-0.3, -0.25) is 9.59 Å². The second-order valence-corrected chi connectivity index (χ2v) is 9.43. The predicted octanol–water partition coefficient (Wildman–Crippen LogP) is 2.51. The molecule has 1 aliphatic carbocycles. The summed E-state index contributed by atoms with van der Waals surface area (Å²) < 4.78 is 40.1. The Morgan fingerprint density at radius 2 is 1.63 bits per heavy atom. The van der Waals surface area contributed by atoms with Crippen molar-refractivity contribution in [1.29, 1.82) is 0 Å². The van der Waals surface area contributed by atoms with E-state index in [1.165, 1.54) is 12.1 Å². The summed E-state index contributed by atoms with van der Waals surface area (Å²) >= 11 is 0. The number of hydrogen-bond donors (Lipinski definition) is 2. The van der Waals surface area contributed by atoms with Crippen molar-refractivity contribution in [3.05, 3.63) is 59.9 Å². The summed E-state index contributed by atoms with van der Waals surface area (Å²) in [5, 5.41) is 5.62. The molecule has 0 unspecified atom stereocenters. The van der Waals surface area contributed by atoms with Gasteiger partial charge in [0.05, 0.1) is 4.90 Å². The van der Waals surface area contributed by atoms with Gasteiger partial charge in [0.15, 0.2) is 0 Å². The molecular formula is C21H22FN3O4S. The Balaban J connectivity index is 1.44. The summed E-state index contributed by atoms with van der Waals surface area (Å²) in [5.74, 6) is -1.12. The first-order valence-corrected chi connectivity index (χ1v) is 11.3. The van der Waals surface area contributed by atoms with Gasteiger partial charge in [-0.2, -0.15) is 4.31 Å². The molecule has 0 radical (unpaired) electrons. The van der Waals surface area contributed by atoms with Gasteiger partial charge in [-0.1, -0.05) is 0 Å². The lowest BCUT2D eigenvalue weighted by atomic mass is 10.1. The zero-order valence-electron chi connectivity index (χ0n) is 16.2. The third kappa shape index (κ3) is 4.36. The topological polar surface area (TPSA) is 95.6 Å². The number of benzene rings is 2. The van der Waals surface area contributed by atoms with Crippen LogP contribution >= 0.6 is 0 Å². The lowest BCUT2D eigenvalue weighted by Gasteiger charge is -2.23. The van der Waals surface area contributed by atoms with E-state index in [0.29, 0.717) is 24.1 Å². The third-order valence-electron chi connectivity index (χ3n) is 5.25. The summed E-state index contributed by atoms with van der Waals surface area (Å²) in [5.41, 5.74) is 0.982. The monoisotopic (exact) mass is 431 g/mol. The van der Waals surface area contributed by atoms with Crippen LogP contribution in [-0.2, 0) is 14.8 Å². The molecule has 158 valence electrons. The quantitative estimate of drug-likeness (QED) is 0.735. The molecule has 1 aliphatic heterocycles. The molecule has 9 heteroatoms. The van der Waals surface area contributed by atoms with E-state index < -0.39 is 27.8 Å². The molecule has 2 fully saturated rings. The zero-order valence-corrected chi connectivity index (χ0v) is 17.0. The number of sulfonamides is 1. The maximum atomic E-state index is 13.1. The van der Waals surface area contributed by atoms with Crippen molar-refractivity contribution in [1.82, 2.24) is 9.62 Å². The molecule has 4 rings (SSSR count). The molecule has 2 aliphatic rings. The van der Waals surface area contributed by atoms with Gasteiger partial charge in [0.25, 0.3) is 5.91 Å². The number of nitrogens with one attached hydrogen (secondary N) is 2. The molecule has 1 saturated carbocycles. The number of anilines is 1. The van der Waals surface area contributed by atoms with Crippen molar-refractivity contribution in [3.63, 3.8) is 0 Å². The van der Waals surface area contributed by atoms with Gasteiger partial charge in [0.2, 0.25) is 15.9 Å². The molecule has 7 nitrogen and oxygen atoms in total. The Bertz CT molecular complexity index is 1050. The highest BCUT2D eigenvalue weighted by Gasteiger charge is 2.39. The molecule has 1 atom stereocenters. The van der Waals surface area contributed by atoms with Crippen LogP contribution in [-0.4, -0.2) is 43.2 Å². The normalized spacial score (nSPS) is 19.4. The summed E-state index contributed by atoms with van der Waals surface area (Å²) in [4.78, 5) is 24.8. The van der Waals surface area contributed by atoms with Crippen LogP contribution in [0.2, 0.25) is 0 Å². The van der Waals surface area contributed by atoms with Crippen molar-refractivity contribution in [2.45, 2.75) is 42.7 Å². The van der Waals surface area contributed by atoms with Crippen LogP contribution in [0.15, 0.2) is 53.4 Å². The van der Waals surface area contributed by atoms with Gasteiger partial charge in [0, 0.05) is 23.8 Å². The zero-order chi connectivity index (χ0) is 21.3. The van der Waals surface area contributed by atoms with Crippen molar-refractivity contribution in [2.75, 3.05) is 11.9 Å². The molecular weight excluding hydrogens is 409 g/mol. The summed E-state index contributed by atoms with van der Waals surface area (Å²) in [6, 6.07) is 10.4. The van der Waals surface area contributed by atoms with E-state index in [1.807, 2.05) is 0 Å². The molecule has 1 heterocycles. The van der Waals surface area contributed by atoms with Crippen molar-refractivity contribution >= 4 is 27.5 Å². The Kier molecular flexibility index (Phi) is 5.57. The Labute approximate surface area is 174 Å². The smallest absolute Gasteiger partial charge is 0.251 e. The van der Waals surface area contributed by atoms with E-state index in [-0.39, 0.29) is 23.4 Å². The Hall–Kier alpha value is -2.78. The van der Waals surface area contributed by atoms with Crippen LogP contribution in [0.1, 0.15) is 36.0 Å². The van der Waals surface area contributed by atoms with Crippen LogP contribution in [0.4, 0.5) is 10.1 Å². The lowest BCUT2D eigenvalue weighted by Crippen LogP contribution is -2.43. The average molecular weight is 431 g/mol. The standard InChI is InChI=1S/C21H22FN3O4S/c22-15-5-11-18(12-6-15)30(28,29)25-13-1-2-19(25)21(27)24-16-7-3-14(4-8-16)20(26)23-17-9-10-17/h3-8,11-12,17,19H,1-2,9-10,13H2,(H,23,26)(H,24,27)/t19-/m1/s1. The highest BCUT2D eigenvalue weighted by Crippen LogP contribution is 2.27. The van der Waals surface area contributed by atoms with Crippen LogP contribution in [0.3, 0.4) is 0 Å². The molecule has 0 spiro atoms. The van der Waals surface area contributed by atoms with Crippen LogP contribution < -0.4 is 10.6 Å². The second-order valence-electron chi connectivity index (χ2n) is 7.54. The fourth-order valence-electron chi connectivity index (χ4n) is 3.46. The number of rotatable bonds is 6. The van der Waals surface area contributed by atoms with Crippen LogP contribution in [0.25, 0.3) is 0 Å². The van der Waals surface area contributed by atoms with Gasteiger partial charge in [-0.15, -0.1) is 0 Å². The second kappa shape index (κ2) is 8.16. The number of carbonyl (C=O) groups is 2. The Morgan fingerprint density at radius 3 is 2.27 bits per heavy atom. The average Bonchev–Trinajstić information content (AvgIpc) is 3.39. The third-order valence-corrected chi connectivity index (χ3v) is 7.18. The molecule has 2 aromatic rings. The predicted molar refractivity (Wildman–Crippen MR) is 109 cm³/mol. The molecule has 0 bridgehead atoms. The highest BCUT2D eigenvalue weighted by molar-refractivity contribution is 7.89.